The van der Waals surface area contributed by atoms with Crippen molar-refractivity contribution in [2.24, 2.45) is 5.92 Å². The molecule has 1 heterocycles. The maximum atomic E-state index is 12.3. The second kappa shape index (κ2) is 8.11. The Hall–Kier alpha value is -2.14. The van der Waals surface area contributed by atoms with Crippen LogP contribution in [0.15, 0.2) is 24.3 Å². The first kappa shape index (κ1) is 18.2. The van der Waals surface area contributed by atoms with Crippen LogP contribution in [0, 0.1) is 19.8 Å². The van der Waals surface area contributed by atoms with Gasteiger partial charge >= 0.3 is 0 Å². The molecule has 5 heteroatoms. The first-order valence-electron chi connectivity index (χ1n) is 8.39. The van der Waals surface area contributed by atoms with Gasteiger partial charge in [-0.15, -0.1) is 0 Å². The number of nitrogens with one attached hydrogen (secondary N) is 1. The van der Waals surface area contributed by atoms with Crippen molar-refractivity contribution in [3.8, 4) is 0 Å². The molecule has 2 aromatic rings. The van der Waals surface area contributed by atoms with Crippen LogP contribution in [0.3, 0.4) is 0 Å². The number of hydrogen-bond acceptors (Lipinski definition) is 3. The fraction of sp³-hybridized carbons (Fsp3) is 0.474. The van der Waals surface area contributed by atoms with Crippen molar-refractivity contribution in [2.75, 3.05) is 0 Å². The van der Waals surface area contributed by atoms with Crippen LogP contribution in [-0.4, -0.2) is 20.8 Å². The van der Waals surface area contributed by atoms with Crippen molar-refractivity contribution in [1.29, 1.82) is 0 Å². The van der Waals surface area contributed by atoms with Crippen LogP contribution in [0.4, 0.5) is 0 Å². The predicted molar refractivity (Wildman–Crippen MR) is 94.5 cm³/mol. The van der Waals surface area contributed by atoms with Crippen molar-refractivity contribution in [2.45, 2.75) is 53.8 Å². The maximum absolute atomic E-state index is 12.3. The quantitative estimate of drug-likeness (QED) is 0.820. The molecule has 1 aromatic carbocycles. The molecule has 24 heavy (non-hydrogen) atoms. The minimum atomic E-state index is -0.0296. The van der Waals surface area contributed by atoms with E-state index in [2.05, 4.69) is 24.3 Å². The van der Waals surface area contributed by atoms with Gasteiger partial charge in [0, 0.05) is 24.3 Å². The molecule has 0 atom stereocenters. The summed E-state index contributed by atoms with van der Waals surface area (Å²) < 4.78 is 1.99. The highest BCUT2D eigenvalue weighted by Crippen LogP contribution is 2.15. The van der Waals surface area contributed by atoms with E-state index in [1.165, 1.54) is 0 Å². The third-order valence-electron chi connectivity index (χ3n) is 4.17. The zero-order valence-corrected chi connectivity index (χ0v) is 15.0. The molecule has 0 radical (unpaired) electrons. The molecular weight excluding hydrogens is 302 g/mol. The lowest BCUT2D eigenvalue weighted by atomic mass is 10.1. The molecule has 0 fully saturated rings. The van der Waals surface area contributed by atoms with Crippen LogP contribution in [-0.2, 0) is 30.9 Å². The first-order valence-corrected chi connectivity index (χ1v) is 8.39. The SMILES string of the molecule is Cc1nn(CC(C)C)c(C)c1CC(=O)NCc1ccccc1CO. The average Bonchev–Trinajstić information content (AvgIpc) is 2.80. The summed E-state index contributed by atoms with van der Waals surface area (Å²) in [6.07, 6.45) is 0.330. The van der Waals surface area contributed by atoms with Crippen LogP contribution in [0.2, 0.25) is 0 Å². The number of nitrogens with zero attached hydrogens (tertiary/aromatic N) is 2. The summed E-state index contributed by atoms with van der Waals surface area (Å²) in [5, 5.41) is 16.8. The summed E-state index contributed by atoms with van der Waals surface area (Å²) in [5.74, 6) is 0.484. The van der Waals surface area contributed by atoms with Gasteiger partial charge in [-0.2, -0.15) is 5.10 Å². The fourth-order valence-corrected chi connectivity index (χ4v) is 2.81. The molecular formula is C19H27N3O2. The highest BCUT2D eigenvalue weighted by Gasteiger charge is 2.15. The fourth-order valence-electron chi connectivity index (χ4n) is 2.81. The number of aliphatic hydroxyl groups excluding tert-OH is 1. The van der Waals surface area contributed by atoms with E-state index in [1.54, 1.807) is 0 Å². The lowest BCUT2D eigenvalue weighted by molar-refractivity contribution is -0.120. The van der Waals surface area contributed by atoms with Crippen LogP contribution in [0.5, 0.6) is 0 Å². The highest BCUT2D eigenvalue weighted by molar-refractivity contribution is 5.79. The monoisotopic (exact) mass is 329 g/mol. The molecule has 0 unspecified atom stereocenters. The Kier molecular flexibility index (Phi) is 6.15. The molecule has 1 aromatic heterocycles. The molecule has 5 nitrogen and oxygen atoms in total. The summed E-state index contributed by atoms with van der Waals surface area (Å²) >= 11 is 0. The van der Waals surface area contributed by atoms with Crippen LogP contribution in [0.25, 0.3) is 0 Å². The normalized spacial score (nSPS) is 11.1. The topological polar surface area (TPSA) is 67.2 Å². The Morgan fingerprint density at radius 2 is 1.92 bits per heavy atom. The summed E-state index contributed by atoms with van der Waals surface area (Å²) in [6.45, 7) is 9.54. The molecule has 2 rings (SSSR count). The maximum Gasteiger partial charge on any atom is 0.224 e. The number of aromatic nitrogens is 2. The van der Waals surface area contributed by atoms with E-state index in [4.69, 9.17) is 0 Å². The van der Waals surface area contributed by atoms with Crippen LogP contribution in [0.1, 0.15) is 41.9 Å². The molecule has 0 aliphatic rings. The molecule has 0 saturated carbocycles. The largest absolute Gasteiger partial charge is 0.392 e. The smallest absolute Gasteiger partial charge is 0.224 e. The number of carbonyl (C=O) groups is 1. The lowest BCUT2D eigenvalue weighted by Gasteiger charge is -2.10. The van der Waals surface area contributed by atoms with Gasteiger partial charge in [-0.1, -0.05) is 38.1 Å². The summed E-state index contributed by atoms with van der Waals surface area (Å²) in [5.41, 5.74) is 4.77. The second-order valence-electron chi connectivity index (χ2n) is 6.61. The van der Waals surface area contributed by atoms with Gasteiger partial charge in [0.1, 0.15) is 0 Å². The Balaban J connectivity index is 2.01. The predicted octanol–water partition coefficient (Wildman–Crippen LogP) is 2.51. The molecule has 0 bridgehead atoms. The van der Waals surface area contributed by atoms with Gasteiger partial charge in [-0.05, 0) is 30.9 Å². The van der Waals surface area contributed by atoms with E-state index in [9.17, 15) is 9.90 Å². The van der Waals surface area contributed by atoms with E-state index in [-0.39, 0.29) is 12.5 Å². The number of rotatable bonds is 7. The zero-order valence-electron chi connectivity index (χ0n) is 15.0. The Labute approximate surface area is 143 Å². The molecule has 0 aliphatic heterocycles. The number of hydrogen-bond donors (Lipinski definition) is 2. The number of carbonyl (C=O) groups excluding carboxylic acids is 1. The molecule has 0 spiro atoms. The Morgan fingerprint density at radius 1 is 1.25 bits per heavy atom. The molecule has 0 saturated heterocycles. The van der Waals surface area contributed by atoms with E-state index in [0.717, 1.165) is 34.6 Å². The van der Waals surface area contributed by atoms with Gasteiger partial charge in [0.15, 0.2) is 0 Å². The van der Waals surface area contributed by atoms with Crippen molar-refractivity contribution in [3.63, 3.8) is 0 Å². The van der Waals surface area contributed by atoms with Crippen molar-refractivity contribution in [1.82, 2.24) is 15.1 Å². The third kappa shape index (κ3) is 4.45. The van der Waals surface area contributed by atoms with Gasteiger partial charge < -0.3 is 10.4 Å². The van der Waals surface area contributed by atoms with Gasteiger partial charge in [0.2, 0.25) is 5.91 Å². The van der Waals surface area contributed by atoms with E-state index in [1.807, 2.05) is 42.8 Å². The zero-order chi connectivity index (χ0) is 17.7. The van der Waals surface area contributed by atoms with Gasteiger partial charge in [-0.25, -0.2) is 0 Å². The van der Waals surface area contributed by atoms with E-state index in [0.29, 0.717) is 18.9 Å². The van der Waals surface area contributed by atoms with Crippen LogP contribution < -0.4 is 5.32 Å². The summed E-state index contributed by atoms with van der Waals surface area (Å²) in [4.78, 5) is 12.3. The van der Waals surface area contributed by atoms with Gasteiger partial charge in [0.25, 0.3) is 0 Å². The minimum Gasteiger partial charge on any atom is -0.392 e. The molecule has 1 amide bonds. The Morgan fingerprint density at radius 3 is 2.54 bits per heavy atom. The standard InChI is InChI=1S/C19H27N3O2/c1-13(2)11-22-15(4)18(14(3)21-22)9-19(24)20-10-16-7-5-6-8-17(16)12-23/h5-8,13,23H,9-12H2,1-4H3,(H,20,24). The van der Waals surface area contributed by atoms with Crippen molar-refractivity contribution >= 4 is 5.91 Å². The van der Waals surface area contributed by atoms with E-state index >= 15 is 0 Å². The van der Waals surface area contributed by atoms with Gasteiger partial charge in [-0.3, -0.25) is 9.48 Å². The molecule has 0 aliphatic carbocycles. The van der Waals surface area contributed by atoms with E-state index < -0.39 is 0 Å². The second-order valence-corrected chi connectivity index (χ2v) is 6.61. The minimum absolute atomic E-state index is 0.0216. The van der Waals surface area contributed by atoms with Crippen LogP contribution >= 0.6 is 0 Å². The number of benzene rings is 1. The number of aryl methyl sites for hydroxylation is 1. The molecule has 130 valence electrons. The van der Waals surface area contributed by atoms with Crippen molar-refractivity contribution < 1.29 is 9.90 Å². The highest BCUT2D eigenvalue weighted by atomic mass is 16.3. The van der Waals surface area contributed by atoms with Gasteiger partial charge in [0.05, 0.1) is 18.7 Å². The average molecular weight is 329 g/mol. The lowest BCUT2D eigenvalue weighted by Crippen LogP contribution is -2.25. The Bertz CT molecular complexity index is 705. The van der Waals surface area contributed by atoms with Crippen molar-refractivity contribution in [3.05, 3.63) is 52.3 Å². The summed E-state index contributed by atoms with van der Waals surface area (Å²) in [7, 11) is 0. The number of amides is 1. The summed E-state index contributed by atoms with van der Waals surface area (Å²) in [6, 6.07) is 7.58. The third-order valence-corrected chi connectivity index (χ3v) is 4.17. The molecule has 2 N–H and O–H groups in total. The number of aliphatic hydroxyl groups is 1. The first-order chi connectivity index (χ1) is 11.4.